The Bertz CT molecular complexity index is 323. The lowest BCUT2D eigenvalue weighted by Gasteiger charge is -2.17. The molecule has 0 aromatic rings. The lowest BCUT2D eigenvalue weighted by Crippen LogP contribution is -2.22. The minimum Gasteiger partial charge on any atom is -0.463 e. The summed E-state index contributed by atoms with van der Waals surface area (Å²) >= 11 is 0. The van der Waals surface area contributed by atoms with Crippen LogP contribution in [0.2, 0.25) is 25.7 Å². The van der Waals surface area contributed by atoms with Gasteiger partial charge in [0.05, 0.1) is 12.7 Å². The molecule has 23 heavy (non-hydrogen) atoms. The van der Waals surface area contributed by atoms with Crippen LogP contribution in [0.25, 0.3) is 0 Å². The summed E-state index contributed by atoms with van der Waals surface area (Å²) in [5, 5.41) is 0. The van der Waals surface area contributed by atoms with E-state index in [-0.39, 0.29) is 18.9 Å². The number of carbonyl (C=O) groups excluding carboxylic acids is 1. The molecule has 0 aliphatic heterocycles. The lowest BCUT2D eigenvalue weighted by molar-refractivity contribution is -0.137. The van der Waals surface area contributed by atoms with Crippen LogP contribution in [-0.4, -0.2) is 40.2 Å². The van der Waals surface area contributed by atoms with E-state index >= 15 is 0 Å². The van der Waals surface area contributed by atoms with Crippen molar-refractivity contribution >= 4 is 14.0 Å². The van der Waals surface area contributed by atoms with Crippen molar-refractivity contribution in [1.82, 2.24) is 0 Å². The van der Waals surface area contributed by atoms with Crippen LogP contribution in [0.4, 0.5) is 0 Å². The van der Waals surface area contributed by atoms with Crippen molar-refractivity contribution in [3.63, 3.8) is 0 Å². The number of rotatable bonds is 14. The molecule has 0 radical (unpaired) electrons. The predicted molar refractivity (Wildman–Crippen MR) is 98.4 cm³/mol. The largest absolute Gasteiger partial charge is 0.463 e. The van der Waals surface area contributed by atoms with Crippen LogP contribution in [0, 0.1) is 0 Å². The molecule has 0 fully saturated rings. The van der Waals surface area contributed by atoms with Crippen LogP contribution in [0.1, 0.15) is 46.0 Å². The standard InChI is InChI=1S/C18H36O4Si/c1-6-8-9-10-11-17(12-13-18(19)21-7-2)22-16-20-14-15-23(3,4)5/h12-13,17H,6-11,14-16H2,1-5H3/b13-12+/t17-/m1/s1. The summed E-state index contributed by atoms with van der Waals surface area (Å²) in [6.45, 7) is 12.4. The second-order valence-corrected chi connectivity index (χ2v) is 12.6. The second kappa shape index (κ2) is 13.8. The van der Waals surface area contributed by atoms with Gasteiger partial charge in [-0.15, -0.1) is 0 Å². The number of hydrogen-bond donors (Lipinski definition) is 0. The van der Waals surface area contributed by atoms with E-state index < -0.39 is 8.07 Å². The first kappa shape index (κ1) is 22.3. The van der Waals surface area contributed by atoms with Crippen molar-refractivity contribution in [2.75, 3.05) is 20.0 Å². The van der Waals surface area contributed by atoms with Crippen LogP contribution in [-0.2, 0) is 19.0 Å². The minimum absolute atomic E-state index is 0.0804. The molecule has 136 valence electrons. The fourth-order valence-electron chi connectivity index (χ4n) is 1.96. The van der Waals surface area contributed by atoms with Crippen LogP contribution < -0.4 is 0 Å². The van der Waals surface area contributed by atoms with Crippen molar-refractivity contribution in [2.24, 2.45) is 0 Å². The molecule has 0 bridgehead atoms. The van der Waals surface area contributed by atoms with E-state index in [0.29, 0.717) is 6.61 Å². The molecule has 0 saturated heterocycles. The quantitative estimate of drug-likeness (QED) is 0.150. The molecule has 0 saturated carbocycles. The summed E-state index contributed by atoms with van der Waals surface area (Å²) < 4.78 is 16.3. The second-order valence-electron chi connectivity index (χ2n) is 7.00. The molecule has 0 N–H and O–H groups in total. The number of esters is 1. The van der Waals surface area contributed by atoms with Gasteiger partial charge in [0, 0.05) is 20.8 Å². The van der Waals surface area contributed by atoms with E-state index in [1.807, 2.05) is 0 Å². The Morgan fingerprint density at radius 1 is 1.13 bits per heavy atom. The minimum atomic E-state index is -1.06. The number of unbranched alkanes of at least 4 members (excludes halogenated alkanes) is 3. The fraction of sp³-hybridized carbons (Fsp3) is 0.833. The topological polar surface area (TPSA) is 44.8 Å². The van der Waals surface area contributed by atoms with Crippen LogP contribution in [0.15, 0.2) is 12.2 Å². The molecular formula is C18H36O4Si. The Labute approximate surface area is 143 Å². The van der Waals surface area contributed by atoms with E-state index in [1.165, 1.54) is 25.3 Å². The molecule has 0 amide bonds. The van der Waals surface area contributed by atoms with E-state index in [9.17, 15) is 4.79 Å². The Balaban J connectivity index is 4.12. The monoisotopic (exact) mass is 344 g/mol. The normalized spacial score (nSPS) is 13.4. The third kappa shape index (κ3) is 16.0. The van der Waals surface area contributed by atoms with Gasteiger partial charge in [-0.25, -0.2) is 4.79 Å². The molecule has 4 nitrogen and oxygen atoms in total. The summed E-state index contributed by atoms with van der Waals surface area (Å²) in [5.74, 6) is -0.311. The highest BCUT2D eigenvalue weighted by molar-refractivity contribution is 6.76. The van der Waals surface area contributed by atoms with Crippen molar-refractivity contribution in [3.8, 4) is 0 Å². The summed E-state index contributed by atoms with van der Waals surface area (Å²) in [6, 6.07) is 1.14. The van der Waals surface area contributed by atoms with Crippen LogP contribution in [0.3, 0.4) is 0 Å². The molecule has 0 aliphatic carbocycles. The maximum Gasteiger partial charge on any atom is 0.330 e. The lowest BCUT2D eigenvalue weighted by atomic mass is 10.1. The smallest absolute Gasteiger partial charge is 0.330 e. The molecule has 0 aromatic heterocycles. The first-order valence-electron chi connectivity index (χ1n) is 8.93. The van der Waals surface area contributed by atoms with E-state index in [2.05, 4.69) is 26.6 Å². The maximum absolute atomic E-state index is 11.4. The van der Waals surface area contributed by atoms with E-state index in [4.69, 9.17) is 14.2 Å². The summed E-state index contributed by atoms with van der Waals surface area (Å²) in [4.78, 5) is 11.4. The molecule has 5 heteroatoms. The Morgan fingerprint density at radius 3 is 2.48 bits per heavy atom. The fourth-order valence-corrected chi connectivity index (χ4v) is 2.71. The highest BCUT2D eigenvalue weighted by Gasteiger charge is 2.12. The number of hydrogen-bond acceptors (Lipinski definition) is 4. The van der Waals surface area contributed by atoms with Gasteiger partial charge in [-0.05, 0) is 25.5 Å². The van der Waals surface area contributed by atoms with Gasteiger partial charge in [0.25, 0.3) is 0 Å². The Hall–Kier alpha value is -0.653. The number of ether oxygens (including phenoxy) is 3. The molecule has 0 spiro atoms. The third-order valence-electron chi connectivity index (χ3n) is 3.44. The first-order valence-corrected chi connectivity index (χ1v) is 12.6. The molecule has 0 aromatic carbocycles. The molecule has 0 aliphatic rings. The Morgan fingerprint density at radius 2 is 1.87 bits per heavy atom. The predicted octanol–water partition coefficient (Wildman–Crippen LogP) is 4.77. The molecule has 0 unspecified atom stereocenters. The van der Waals surface area contributed by atoms with Gasteiger partial charge < -0.3 is 14.2 Å². The van der Waals surface area contributed by atoms with Gasteiger partial charge in [0.2, 0.25) is 0 Å². The van der Waals surface area contributed by atoms with E-state index in [0.717, 1.165) is 25.5 Å². The van der Waals surface area contributed by atoms with Gasteiger partial charge in [-0.1, -0.05) is 52.2 Å². The molecule has 1 atom stereocenters. The average Bonchev–Trinajstić information content (AvgIpc) is 2.47. The summed E-state index contributed by atoms with van der Waals surface area (Å²) in [5.41, 5.74) is 0. The van der Waals surface area contributed by atoms with Crippen LogP contribution >= 0.6 is 0 Å². The van der Waals surface area contributed by atoms with Crippen LogP contribution in [0.5, 0.6) is 0 Å². The van der Waals surface area contributed by atoms with Gasteiger partial charge in [-0.3, -0.25) is 0 Å². The highest BCUT2D eigenvalue weighted by atomic mass is 28.3. The number of carbonyl (C=O) groups is 1. The molecule has 0 heterocycles. The van der Waals surface area contributed by atoms with E-state index in [1.54, 1.807) is 13.0 Å². The summed E-state index contributed by atoms with van der Waals surface area (Å²) in [6.07, 6.45) is 8.84. The van der Waals surface area contributed by atoms with Crippen molar-refractivity contribution in [3.05, 3.63) is 12.2 Å². The maximum atomic E-state index is 11.4. The van der Waals surface area contributed by atoms with Gasteiger partial charge in [0.15, 0.2) is 0 Å². The zero-order chi connectivity index (χ0) is 17.6. The van der Waals surface area contributed by atoms with Crippen molar-refractivity contribution in [1.29, 1.82) is 0 Å². The van der Waals surface area contributed by atoms with Crippen molar-refractivity contribution < 1.29 is 19.0 Å². The summed E-state index contributed by atoms with van der Waals surface area (Å²) in [7, 11) is -1.06. The SMILES string of the molecule is CCCCCC[C@H](/C=C/C(=O)OCC)OCOCC[Si](C)(C)C. The van der Waals surface area contributed by atoms with Gasteiger partial charge in [-0.2, -0.15) is 0 Å². The zero-order valence-corrected chi connectivity index (χ0v) is 16.7. The Kier molecular flexibility index (Phi) is 13.4. The van der Waals surface area contributed by atoms with Gasteiger partial charge in [0.1, 0.15) is 6.79 Å². The highest BCUT2D eigenvalue weighted by Crippen LogP contribution is 2.11. The molecular weight excluding hydrogens is 308 g/mol. The average molecular weight is 345 g/mol. The third-order valence-corrected chi connectivity index (χ3v) is 5.14. The molecule has 0 rings (SSSR count). The van der Waals surface area contributed by atoms with Crippen molar-refractivity contribution in [2.45, 2.75) is 77.7 Å². The zero-order valence-electron chi connectivity index (χ0n) is 15.7. The van der Waals surface area contributed by atoms with Gasteiger partial charge >= 0.3 is 5.97 Å². The first-order chi connectivity index (χ1) is 10.9.